The number of hydrogen-bond donors (Lipinski definition) is 1. The Hall–Kier alpha value is -2.64. The van der Waals surface area contributed by atoms with Gasteiger partial charge in [0.1, 0.15) is 11.1 Å². The molecule has 0 amide bonds. The van der Waals surface area contributed by atoms with Gasteiger partial charge in [0.25, 0.3) is 0 Å². The van der Waals surface area contributed by atoms with Crippen LogP contribution in [0.2, 0.25) is 0 Å². The number of alkyl halides is 3. The quantitative estimate of drug-likeness (QED) is 0.938. The Morgan fingerprint density at radius 3 is 2.65 bits per heavy atom. The maximum absolute atomic E-state index is 12.8. The Bertz CT molecular complexity index is 644. The van der Waals surface area contributed by atoms with Crippen molar-refractivity contribution in [3.8, 4) is 11.6 Å². The van der Waals surface area contributed by atoms with Gasteiger partial charge in [0.15, 0.2) is 5.75 Å². The van der Waals surface area contributed by atoms with Crippen LogP contribution in [0.5, 0.6) is 11.6 Å². The Kier molecular flexibility index (Phi) is 3.55. The number of ether oxygens (including phenoxy) is 1. The second kappa shape index (κ2) is 5.16. The third kappa shape index (κ3) is 2.85. The van der Waals surface area contributed by atoms with Crippen LogP contribution in [0, 0.1) is 0 Å². The van der Waals surface area contributed by atoms with Gasteiger partial charge in [0.2, 0.25) is 5.88 Å². The zero-order valence-electron chi connectivity index (χ0n) is 9.76. The van der Waals surface area contributed by atoms with Gasteiger partial charge < -0.3 is 9.84 Å². The molecule has 0 atom stereocenters. The van der Waals surface area contributed by atoms with Crippen molar-refractivity contribution < 1.29 is 27.8 Å². The molecule has 2 heterocycles. The lowest BCUT2D eigenvalue weighted by Gasteiger charge is -2.12. The molecule has 8 heteroatoms. The van der Waals surface area contributed by atoms with Crippen LogP contribution in [0.15, 0.2) is 36.8 Å². The molecule has 0 aliphatic rings. The molecule has 2 aromatic rings. The highest BCUT2D eigenvalue weighted by molar-refractivity contribution is 5.90. The second-order valence-corrected chi connectivity index (χ2v) is 3.63. The van der Waals surface area contributed by atoms with E-state index in [2.05, 4.69) is 9.97 Å². The number of halogens is 3. The summed E-state index contributed by atoms with van der Waals surface area (Å²) in [4.78, 5) is 18.0. The second-order valence-electron chi connectivity index (χ2n) is 3.63. The van der Waals surface area contributed by atoms with Gasteiger partial charge in [-0.15, -0.1) is 0 Å². The Labute approximate surface area is 110 Å². The molecule has 2 aromatic heterocycles. The molecule has 0 aliphatic carbocycles. The van der Waals surface area contributed by atoms with E-state index in [0.29, 0.717) is 0 Å². The van der Waals surface area contributed by atoms with E-state index < -0.39 is 23.6 Å². The molecule has 104 valence electrons. The van der Waals surface area contributed by atoms with E-state index in [1.165, 1.54) is 6.20 Å². The lowest BCUT2D eigenvalue weighted by atomic mass is 10.2. The van der Waals surface area contributed by atoms with Crippen molar-refractivity contribution in [1.29, 1.82) is 0 Å². The molecule has 0 spiro atoms. The van der Waals surface area contributed by atoms with Crippen LogP contribution in [-0.4, -0.2) is 21.0 Å². The van der Waals surface area contributed by atoms with Crippen molar-refractivity contribution in [1.82, 2.24) is 9.97 Å². The average Bonchev–Trinajstić information content (AvgIpc) is 2.38. The van der Waals surface area contributed by atoms with Crippen molar-refractivity contribution in [2.75, 3.05) is 0 Å². The molecule has 5 nitrogen and oxygen atoms in total. The minimum absolute atomic E-state index is 0.307. The lowest BCUT2D eigenvalue weighted by molar-refractivity contribution is -0.138. The third-order valence-electron chi connectivity index (χ3n) is 2.30. The van der Waals surface area contributed by atoms with Crippen LogP contribution in [0.1, 0.15) is 15.9 Å². The van der Waals surface area contributed by atoms with Gasteiger partial charge in [0, 0.05) is 12.4 Å². The molecular weight excluding hydrogens is 277 g/mol. The van der Waals surface area contributed by atoms with Crippen molar-refractivity contribution in [3.05, 3.63) is 47.9 Å². The van der Waals surface area contributed by atoms with Crippen LogP contribution in [0.3, 0.4) is 0 Å². The van der Waals surface area contributed by atoms with E-state index in [4.69, 9.17) is 9.84 Å². The Morgan fingerprint density at radius 1 is 1.25 bits per heavy atom. The fourth-order valence-electron chi connectivity index (χ4n) is 1.43. The summed E-state index contributed by atoms with van der Waals surface area (Å²) in [6.07, 6.45) is -1.34. The maximum atomic E-state index is 12.8. The molecule has 0 radical (unpaired) electrons. The highest BCUT2D eigenvalue weighted by Crippen LogP contribution is 2.36. The number of carbonyl (C=O) groups is 1. The van der Waals surface area contributed by atoms with E-state index in [-0.39, 0.29) is 11.3 Å². The van der Waals surface area contributed by atoms with Gasteiger partial charge >= 0.3 is 12.1 Å². The smallest absolute Gasteiger partial charge is 0.421 e. The fraction of sp³-hybridized carbons (Fsp3) is 0.0833. The molecule has 1 N–H and O–H groups in total. The topological polar surface area (TPSA) is 72.3 Å². The molecule has 20 heavy (non-hydrogen) atoms. The number of aromatic nitrogens is 2. The molecule has 0 aliphatic heterocycles. The lowest BCUT2D eigenvalue weighted by Crippen LogP contribution is -2.09. The SMILES string of the molecule is O=C(O)c1ccncc1Oc1ncccc1C(F)(F)F. The van der Waals surface area contributed by atoms with Crippen molar-refractivity contribution >= 4 is 5.97 Å². The average molecular weight is 284 g/mol. The minimum atomic E-state index is -4.66. The number of pyridine rings is 2. The van der Waals surface area contributed by atoms with Crippen LogP contribution >= 0.6 is 0 Å². The van der Waals surface area contributed by atoms with Gasteiger partial charge in [-0.25, -0.2) is 9.78 Å². The predicted octanol–water partition coefficient (Wildman–Crippen LogP) is 2.99. The first kappa shape index (κ1) is 13.8. The first-order chi connectivity index (χ1) is 9.39. The number of rotatable bonds is 3. The van der Waals surface area contributed by atoms with Crippen molar-refractivity contribution in [3.63, 3.8) is 0 Å². The number of carboxylic acid groups (broad SMARTS) is 1. The van der Waals surface area contributed by atoms with Crippen LogP contribution in [0.4, 0.5) is 13.2 Å². The molecule has 0 aromatic carbocycles. The summed E-state index contributed by atoms with van der Waals surface area (Å²) in [5.74, 6) is -2.38. The van der Waals surface area contributed by atoms with Crippen LogP contribution in [-0.2, 0) is 6.18 Å². The number of aromatic carboxylic acids is 1. The zero-order valence-corrected chi connectivity index (χ0v) is 9.76. The highest BCUT2D eigenvalue weighted by Gasteiger charge is 2.35. The summed E-state index contributed by atoms with van der Waals surface area (Å²) in [5, 5.41) is 8.92. The van der Waals surface area contributed by atoms with Gasteiger partial charge in [0.05, 0.1) is 6.20 Å². The number of nitrogens with zero attached hydrogens (tertiary/aromatic N) is 2. The monoisotopic (exact) mass is 284 g/mol. The van der Waals surface area contributed by atoms with Gasteiger partial charge in [-0.05, 0) is 18.2 Å². The standard InChI is InChI=1S/C12H7F3N2O3/c13-12(14,15)8-2-1-4-17-10(8)20-9-6-16-5-3-7(9)11(18)19/h1-6H,(H,18,19). The van der Waals surface area contributed by atoms with Crippen LogP contribution < -0.4 is 4.74 Å². The normalized spacial score (nSPS) is 11.2. The Balaban J connectivity index is 2.44. The summed E-state index contributed by atoms with van der Waals surface area (Å²) < 4.78 is 43.2. The van der Waals surface area contributed by atoms with Crippen molar-refractivity contribution in [2.24, 2.45) is 0 Å². The highest BCUT2D eigenvalue weighted by atomic mass is 19.4. The van der Waals surface area contributed by atoms with E-state index in [1.807, 2.05) is 0 Å². The molecule has 0 bridgehead atoms. The Morgan fingerprint density at radius 2 is 2.00 bits per heavy atom. The van der Waals surface area contributed by atoms with E-state index >= 15 is 0 Å². The first-order valence-electron chi connectivity index (χ1n) is 5.27. The summed E-state index contributed by atoms with van der Waals surface area (Å²) >= 11 is 0. The fourth-order valence-corrected chi connectivity index (χ4v) is 1.43. The number of hydrogen-bond acceptors (Lipinski definition) is 4. The van der Waals surface area contributed by atoms with E-state index in [9.17, 15) is 18.0 Å². The maximum Gasteiger partial charge on any atom is 0.421 e. The minimum Gasteiger partial charge on any atom is -0.478 e. The van der Waals surface area contributed by atoms with Gasteiger partial charge in [-0.3, -0.25) is 4.98 Å². The predicted molar refractivity (Wildman–Crippen MR) is 60.5 cm³/mol. The van der Waals surface area contributed by atoms with E-state index in [0.717, 1.165) is 30.6 Å². The van der Waals surface area contributed by atoms with Gasteiger partial charge in [-0.1, -0.05) is 0 Å². The van der Waals surface area contributed by atoms with Crippen LogP contribution in [0.25, 0.3) is 0 Å². The molecule has 0 unspecified atom stereocenters. The van der Waals surface area contributed by atoms with E-state index in [1.54, 1.807) is 0 Å². The third-order valence-corrected chi connectivity index (χ3v) is 2.30. The molecular formula is C12H7F3N2O3. The summed E-state index contributed by atoms with van der Waals surface area (Å²) in [7, 11) is 0. The van der Waals surface area contributed by atoms with Gasteiger partial charge in [-0.2, -0.15) is 13.2 Å². The molecule has 0 saturated carbocycles. The summed E-state index contributed by atoms with van der Waals surface area (Å²) in [5.41, 5.74) is -1.40. The summed E-state index contributed by atoms with van der Waals surface area (Å²) in [6.45, 7) is 0. The van der Waals surface area contributed by atoms with Crippen molar-refractivity contribution in [2.45, 2.75) is 6.18 Å². The zero-order chi connectivity index (χ0) is 14.8. The largest absolute Gasteiger partial charge is 0.478 e. The summed E-state index contributed by atoms with van der Waals surface area (Å²) in [6, 6.07) is 3.02. The molecule has 0 fully saturated rings. The first-order valence-corrected chi connectivity index (χ1v) is 5.27. The molecule has 0 saturated heterocycles. The number of carboxylic acids is 1. The molecule has 2 rings (SSSR count).